The average Bonchev–Trinajstić information content (AvgIpc) is 2.87. The van der Waals surface area contributed by atoms with Crippen molar-refractivity contribution >= 4 is 22.5 Å². The third-order valence-electron chi connectivity index (χ3n) is 4.14. The molecule has 5 nitrogen and oxygen atoms in total. The zero-order chi connectivity index (χ0) is 17.3. The molecule has 1 heterocycles. The minimum absolute atomic E-state index is 0.00258. The van der Waals surface area contributed by atoms with Crippen molar-refractivity contribution in [3.05, 3.63) is 70.9 Å². The normalized spacial score (nSPS) is 11.7. The van der Waals surface area contributed by atoms with Gasteiger partial charge >= 0.3 is 0 Å². The predicted molar refractivity (Wildman–Crippen MR) is 95.3 cm³/mol. The summed E-state index contributed by atoms with van der Waals surface area (Å²) >= 11 is 0. The molecule has 2 N–H and O–H groups in total. The lowest BCUT2D eigenvalue weighted by Crippen LogP contribution is -2.32. The molecule has 1 aromatic heterocycles. The van der Waals surface area contributed by atoms with Crippen molar-refractivity contribution in [1.29, 1.82) is 0 Å². The molecule has 1 amide bonds. The van der Waals surface area contributed by atoms with Gasteiger partial charge in [0.15, 0.2) is 5.71 Å². The molecule has 24 heavy (non-hydrogen) atoms. The number of carbonyl (C=O) groups excluding carboxylic acids is 1. The maximum absolute atomic E-state index is 12.7. The number of hydrogen-bond donors (Lipinski definition) is 2. The number of carbonyl (C=O) groups is 1. The average molecular weight is 321 g/mol. The number of rotatable bonds is 3. The van der Waals surface area contributed by atoms with Gasteiger partial charge in [0.25, 0.3) is 5.91 Å². The Hall–Kier alpha value is -3.08. The van der Waals surface area contributed by atoms with Crippen LogP contribution in [0.3, 0.4) is 0 Å². The van der Waals surface area contributed by atoms with Crippen molar-refractivity contribution in [2.24, 2.45) is 5.16 Å². The first kappa shape index (κ1) is 15.8. The highest BCUT2D eigenvalue weighted by molar-refractivity contribution is 6.48. The van der Waals surface area contributed by atoms with Crippen molar-refractivity contribution in [3.8, 4) is 0 Å². The second kappa shape index (κ2) is 6.20. The third-order valence-corrected chi connectivity index (χ3v) is 4.14. The summed E-state index contributed by atoms with van der Waals surface area (Å²) in [7, 11) is 0. The maximum Gasteiger partial charge on any atom is 0.292 e. The molecule has 3 rings (SSSR count). The van der Waals surface area contributed by atoms with Gasteiger partial charge in [-0.25, -0.2) is 0 Å². The van der Waals surface area contributed by atoms with Crippen molar-refractivity contribution < 1.29 is 10.0 Å². The van der Waals surface area contributed by atoms with Crippen LogP contribution in [0.5, 0.6) is 0 Å². The molecule has 0 aliphatic rings. The molecule has 5 heteroatoms. The largest absolute Gasteiger partial charge is 0.410 e. The Balaban J connectivity index is 2.00. The highest BCUT2D eigenvalue weighted by Crippen LogP contribution is 2.19. The second-order valence-corrected chi connectivity index (χ2v) is 5.84. The lowest BCUT2D eigenvalue weighted by atomic mass is 9.98. The second-order valence-electron chi connectivity index (χ2n) is 5.84. The van der Waals surface area contributed by atoms with E-state index in [1.165, 1.54) is 0 Å². The number of para-hydroxylation sites is 1. The predicted octanol–water partition coefficient (Wildman–Crippen LogP) is 3.52. The number of nitrogens with zero attached hydrogens (tertiary/aromatic N) is 2. The van der Waals surface area contributed by atoms with Gasteiger partial charge in [-0.05, 0) is 44.0 Å². The summed E-state index contributed by atoms with van der Waals surface area (Å²) in [5.41, 5.74) is 7.02. The van der Waals surface area contributed by atoms with Crippen LogP contribution in [0.15, 0.2) is 53.7 Å². The van der Waals surface area contributed by atoms with Crippen molar-refractivity contribution in [2.75, 3.05) is 5.43 Å². The van der Waals surface area contributed by atoms with Gasteiger partial charge in [-0.2, -0.15) is 0 Å². The van der Waals surface area contributed by atoms with Gasteiger partial charge in [0, 0.05) is 16.6 Å². The summed E-state index contributed by atoms with van der Waals surface area (Å²) in [6, 6.07) is 15.4. The highest BCUT2D eigenvalue weighted by Gasteiger charge is 2.20. The molecule has 122 valence electrons. The molecule has 0 saturated carbocycles. The molecule has 0 aliphatic carbocycles. The molecular weight excluding hydrogens is 302 g/mol. The van der Waals surface area contributed by atoms with E-state index in [0.29, 0.717) is 5.56 Å². The van der Waals surface area contributed by atoms with Crippen LogP contribution in [0, 0.1) is 20.8 Å². The van der Waals surface area contributed by atoms with Gasteiger partial charge in [0.05, 0.1) is 5.52 Å². The lowest BCUT2D eigenvalue weighted by Gasteiger charge is -2.14. The minimum atomic E-state index is -0.459. The Bertz CT molecular complexity index is 934. The number of aryl methyl sites for hydroxylation is 3. The first-order valence-electron chi connectivity index (χ1n) is 7.70. The van der Waals surface area contributed by atoms with Crippen LogP contribution in [0.4, 0.5) is 0 Å². The lowest BCUT2D eigenvalue weighted by molar-refractivity contribution is -0.111. The van der Waals surface area contributed by atoms with E-state index in [1.54, 1.807) is 4.68 Å². The number of amides is 1. The van der Waals surface area contributed by atoms with Crippen molar-refractivity contribution in [3.63, 3.8) is 0 Å². The summed E-state index contributed by atoms with van der Waals surface area (Å²) in [5.74, 6) is -0.459. The summed E-state index contributed by atoms with van der Waals surface area (Å²) in [5, 5.41) is 13.7. The molecule has 2 aromatic carbocycles. The van der Waals surface area contributed by atoms with Gasteiger partial charge in [-0.15, -0.1) is 0 Å². The number of hydrogen-bond acceptors (Lipinski definition) is 3. The molecular formula is C19H19N3O2. The van der Waals surface area contributed by atoms with E-state index in [9.17, 15) is 10.0 Å². The van der Waals surface area contributed by atoms with Gasteiger partial charge in [-0.1, -0.05) is 41.6 Å². The van der Waals surface area contributed by atoms with E-state index in [1.807, 2.05) is 69.3 Å². The van der Waals surface area contributed by atoms with Gasteiger partial charge in [0.1, 0.15) is 0 Å². The van der Waals surface area contributed by atoms with E-state index < -0.39 is 5.91 Å². The molecule has 0 fully saturated rings. The van der Waals surface area contributed by atoms with Crippen molar-refractivity contribution in [2.45, 2.75) is 20.8 Å². The van der Waals surface area contributed by atoms with Crippen LogP contribution in [-0.2, 0) is 4.79 Å². The number of aromatic nitrogens is 1. The van der Waals surface area contributed by atoms with Crippen LogP contribution < -0.4 is 5.43 Å². The number of oxime groups is 1. The van der Waals surface area contributed by atoms with E-state index in [-0.39, 0.29) is 5.71 Å². The Morgan fingerprint density at radius 1 is 1.04 bits per heavy atom. The van der Waals surface area contributed by atoms with E-state index >= 15 is 0 Å². The zero-order valence-corrected chi connectivity index (χ0v) is 13.9. The fraction of sp³-hybridized carbons (Fsp3) is 0.158. The summed E-state index contributed by atoms with van der Waals surface area (Å²) in [4.78, 5) is 12.7. The van der Waals surface area contributed by atoms with E-state index in [0.717, 1.165) is 27.7 Å². The zero-order valence-electron chi connectivity index (χ0n) is 13.9. The first-order chi connectivity index (χ1) is 11.5. The molecule has 0 aliphatic heterocycles. The summed E-state index contributed by atoms with van der Waals surface area (Å²) < 4.78 is 1.70. The number of nitrogens with one attached hydrogen (secondary N) is 1. The molecule has 0 unspecified atom stereocenters. The molecule has 0 radical (unpaired) electrons. The molecule has 0 atom stereocenters. The smallest absolute Gasteiger partial charge is 0.292 e. The minimum Gasteiger partial charge on any atom is -0.410 e. The third kappa shape index (κ3) is 2.65. The molecule has 0 bridgehead atoms. The SMILES string of the molecule is Cc1cccc(C)c1/C(=N\O)C(=O)Nn1c(C)cc2ccccc21. The van der Waals surface area contributed by atoms with Gasteiger partial charge < -0.3 is 5.21 Å². The summed E-state index contributed by atoms with van der Waals surface area (Å²) in [6.45, 7) is 5.68. The Morgan fingerprint density at radius 3 is 2.38 bits per heavy atom. The molecule has 3 aromatic rings. The quantitative estimate of drug-likeness (QED) is 0.440. The highest BCUT2D eigenvalue weighted by atomic mass is 16.4. The van der Waals surface area contributed by atoms with Crippen LogP contribution in [-0.4, -0.2) is 21.5 Å². The molecule has 0 saturated heterocycles. The van der Waals surface area contributed by atoms with E-state index in [4.69, 9.17) is 0 Å². The van der Waals surface area contributed by atoms with Gasteiger partial charge in [-0.3, -0.25) is 14.9 Å². The number of fused-ring (bicyclic) bond motifs is 1. The van der Waals surface area contributed by atoms with Crippen LogP contribution >= 0.6 is 0 Å². The topological polar surface area (TPSA) is 66.6 Å². The van der Waals surface area contributed by atoms with Crippen molar-refractivity contribution in [1.82, 2.24) is 4.68 Å². The van der Waals surface area contributed by atoms with E-state index in [2.05, 4.69) is 10.6 Å². The van der Waals surface area contributed by atoms with Gasteiger partial charge in [0.2, 0.25) is 0 Å². The Morgan fingerprint density at radius 2 is 1.71 bits per heavy atom. The Kier molecular flexibility index (Phi) is 4.08. The fourth-order valence-electron chi connectivity index (χ4n) is 2.99. The summed E-state index contributed by atoms with van der Waals surface area (Å²) in [6.07, 6.45) is 0. The molecule has 0 spiro atoms. The Labute approximate surface area is 140 Å². The maximum atomic E-state index is 12.7. The monoisotopic (exact) mass is 321 g/mol. The fourth-order valence-corrected chi connectivity index (χ4v) is 2.99. The van der Waals surface area contributed by atoms with Crippen LogP contribution in [0.25, 0.3) is 10.9 Å². The van der Waals surface area contributed by atoms with Crippen LogP contribution in [0.1, 0.15) is 22.4 Å². The van der Waals surface area contributed by atoms with Crippen LogP contribution in [0.2, 0.25) is 0 Å². The first-order valence-corrected chi connectivity index (χ1v) is 7.70. The standard InChI is InChI=1S/C19H19N3O2/c1-12-7-6-8-13(2)17(12)18(21-24)19(23)20-22-14(3)11-15-9-4-5-10-16(15)22/h4-11,24H,1-3H3,(H,20,23)/b21-18+. The number of benzene rings is 2.